The molecular weight excluding hydrogens is 413 g/mol. The van der Waals surface area contributed by atoms with E-state index in [4.69, 9.17) is 4.74 Å². The Morgan fingerprint density at radius 1 is 1.17 bits per heavy atom. The molecule has 0 amide bonds. The van der Waals surface area contributed by atoms with Crippen LogP contribution in [0, 0.1) is 0 Å². The third-order valence-electron chi connectivity index (χ3n) is 3.46. The second-order valence-electron chi connectivity index (χ2n) is 6.10. The first kappa shape index (κ1) is 23.2. The number of aryl methyl sites for hydroxylation is 1. The maximum Gasteiger partial charge on any atom is 0.191 e. The molecule has 0 saturated heterocycles. The smallest absolute Gasteiger partial charge is 0.191 e. The van der Waals surface area contributed by atoms with E-state index in [0.29, 0.717) is 12.1 Å². The molecule has 0 aliphatic heterocycles. The molecule has 138 valence electrons. The van der Waals surface area contributed by atoms with Crippen LogP contribution in [0.3, 0.4) is 0 Å². The van der Waals surface area contributed by atoms with Crippen LogP contribution in [0.25, 0.3) is 0 Å². The van der Waals surface area contributed by atoms with Gasteiger partial charge in [-0.25, -0.2) is 0 Å². The number of nitrogens with zero attached hydrogens (tertiary/aromatic N) is 1. The molecule has 0 aliphatic carbocycles. The zero-order chi connectivity index (χ0) is 16.9. The van der Waals surface area contributed by atoms with Crippen molar-refractivity contribution in [1.82, 2.24) is 10.6 Å². The average Bonchev–Trinajstić information content (AvgIpc) is 2.53. The highest BCUT2D eigenvalue weighted by molar-refractivity contribution is 14.0. The second kappa shape index (κ2) is 14.5. The van der Waals surface area contributed by atoms with E-state index in [0.717, 1.165) is 44.9 Å². The van der Waals surface area contributed by atoms with E-state index in [9.17, 15) is 0 Å². The minimum Gasteiger partial charge on any atom is -0.379 e. The molecule has 0 aliphatic rings. The SMILES string of the molecule is CCNC(=NCCCOC(C)C)NC(C)CCc1ccccc1.I. The Bertz CT molecular complexity index is 437. The van der Waals surface area contributed by atoms with Gasteiger partial charge in [-0.15, -0.1) is 24.0 Å². The lowest BCUT2D eigenvalue weighted by Gasteiger charge is -2.18. The fraction of sp³-hybridized carbons (Fsp3) is 0.632. The molecule has 1 aromatic carbocycles. The Hall–Kier alpha value is -0.820. The predicted octanol–water partition coefficient (Wildman–Crippen LogP) is 4.00. The molecule has 24 heavy (non-hydrogen) atoms. The highest BCUT2D eigenvalue weighted by atomic mass is 127. The number of rotatable bonds is 10. The number of aliphatic imine (C=N–C) groups is 1. The summed E-state index contributed by atoms with van der Waals surface area (Å²) in [6.45, 7) is 10.8. The number of halogens is 1. The molecule has 1 rings (SSSR count). The zero-order valence-corrected chi connectivity index (χ0v) is 17.9. The first-order chi connectivity index (χ1) is 11.1. The van der Waals surface area contributed by atoms with Crippen LogP contribution >= 0.6 is 24.0 Å². The van der Waals surface area contributed by atoms with Crippen molar-refractivity contribution < 1.29 is 4.74 Å². The fourth-order valence-corrected chi connectivity index (χ4v) is 2.23. The largest absolute Gasteiger partial charge is 0.379 e. The van der Waals surface area contributed by atoms with Gasteiger partial charge in [-0.05, 0) is 52.5 Å². The molecule has 2 N–H and O–H groups in total. The molecule has 0 aromatic heterocycles. The van der Waals surface area contributed by atoms with Crippen LogP contribution in [0.5, 0.6) is 0 Å². The van der Waals surface area contributed by atoms with Crippen molar-refractivity contribution in [2.45, 2.75) is 59.1 Å². The van der Waals surface area contributed by atoms with E-state index in [1.165, 1.54) is 5.56 Å². The molecule has 0 fully saturated rings. The van der Waals surface area contributed by atoms with Crippen molar-refractivity contribution in [2.75, 3.05) is 19.7 Å². The number of guanidine groups is 1. The van der Waals surface area contributed by atoms with E-state index >= 15 is 0 Å². The first-order valence-electron chi connectivity index (χ1n) is 8.82. The van der Waals surface area contributed by atoms with Crippen LogP contribution in [0.2, 0.25) is 0 Å². The van der Waals surface area contributed by atoms with E-state index in [-0.39, 0.29) is 24.0 Å². The quantitative estimate of drug-likeness (QED) is 0.247. The van der Waals surface area contributed by atoms with Gasteiger partial charge in [-0.1, -0.05) is 30.3 Å². The molecule has 0 saturated carbocycles. The molecule has 5 heteroatoms. The molecule has 4 nitrogen and oxygen atoms in total. The lowest BCUT2D eigenvalue weighted by Crippen LogP contribution is -2.42. The molecule has 0 radical (unpaired) electrons. The lowest BCUT2D eigenvalue weighted by molar-refractivity contribution is 0.0782. The van der Waals surface area contributed by atoms with E-state index < -0.39 is 0 Å². The van der Waals surface area contributed by atoms with Crippen molar-refractivity contribution >= 4 is 29.9 Å². The van der Waals surface area contributed by atoms with Gasteiger partial charge >= 0.3 is 0 Å². The van der Waals surface area contributed by atoms with Gasteiger partial charge in [0.25, 0.3) is 0 Å². The van der Waals surface area contributed by atoms with Crippen molar-refractivity contribution in [3.8, 4) is 0 Å². The van der Waals surface area contributed by atoms with Gasteiger partial charge in [0.2, 0.25) is 0 Å². The molecule has 0 spiro atoms. The maximum absolute atomic E-state index is 5.54. The van der Waals surface area contributed by atoms with Crippen LogP contribution in [-0.4, -0.2) is 37.8 Å². The summed E-state index contributed by atoms with van der Waals surface area (Å²) in [6, 6.07) is 11.0. The molecular formula is C19H34IN3O. The van der Waals surface area contributed by atoms with Gasteiger partial charge in [0, 0.05) is 25.7 Å². The molecule has 0 bridgehead atoms. The van der Waals surface area contributed by atoms with Crippen molar-refractivity contribution in [3.63, 3.8) is 0 Å². The summed E-state index contributed by atoms with van der Waals surface area (Å²) < 4.78 is 5.54. The van der Waals surface area contributed by atoms with Crippen molar-refractivity contribution in [1.29, 1.82) is 0 Å². The van der Waals surface area contributed by atoms with Crippen LogP contribution in [-0.2, 0) is 11.2 Å². The minimum absolute atomic E-state index is 0. The Morgan fingerprint density at radius 2 is 1.88 bits per heavy atom. The molecule has 0 heterocycles. The fourth-order valence-electron chi connectivity index (χ4n) is 2.23. The molecule has 1 unspecified atom stereocenters. The van der Waals surface area contributed by atoms with Gasteiger partial charge in [-0.3, -0.25) is 4.99 Å². The zero-order valence-electron chi connectivity index (χ0n) is 15.5. The van der Waals surface area contributed by atoms with Gasteiger partial charge in [0.15, 0.2) is 5.96 Å². The Balaban J connectivity index is 0.00000529. The van der Waals surface area contributed by atoms with E-state index in [1.807, 2.05) is 0 Å². The van der Waals surface area contributed by atoms with E-state index in [1.54, 1.807) is 0 Å². The second-order valence-corrected chi connectivity index (χ2v) is 6.10. The highest BCUT2D eigenvalue weighted by Crippen LogP contribution is 2.04. The third kappa shape index (κ3) is 11.7. The maximum atomic E-state index is 5.54. The van der Waals surface area contributed by atoms with Gasteiger partial charge in [-0.2, -0.15) is 0 Å². The number of benzene rings is 1. The third-order valence-corrected chi connectivity index (χ3v) is 3.46. The Labute approximate surface area is 164 Å². The summed E-state index contributed by atoms with van der Waals surface area (Å²) in [4.78, 5) is 4.62. The Kier molecular flexibility index (Phi) is 14.0. The summed E-state index contributed by atoms with van der Waals surface area (Å²) >= 11 is 0. The number of nitrogens with one attached hydrogen (secondary N) is 2. The predicted molar refractivity (Wildman–Crippen MR) is 114 cm³/mol. The van der Waals surface area contributed by atoms with Crippen molar-refractivity contribution in [2.24, 2.45) is 4.99 Å². The normalized spacial score (nSPS) is 12.6. The Morgan fingerprint density at radius 3 is 2.50 bits per heavy atom. The monoisotopic (exact) mass is 447 g/mol. The van der Waals surface area contributed by atoms with Crippen LogP contribution in [0.4, 0.5) is 0 Å². The van der Waals surface area contributed by atoms with Gasteiger partial charge in [0.05, 0.1) is 6.10 Å². The van der Waals surface area contributed by atoms with E-state index in [2.05, 4.69) is 73.7 Å². The summed E-state index contributed by atoms with van der Waals surface area (Å²) in [6.07, 6.45) is 3.41. The number of hydrogen-bond acceptors (Lipinski definition) is 2. The molecule has 1 atom stereocenters. The highest BCUT2D eigenvalue weighted by Gasteiger charge is 2.05. The van der Waals surface area contributed by atoms with Crippen LogP contribution in [0.15, 0.2) is 35.3 Å². The van der Waals surface area contributed by atoms with Gasteiger partial charge in [0.1, 0.15) is 0 Å². The summed E-state index contributed by atoms with van der Waals surface area (Å²) in [5.74, 6) is 0.901. The standard InChI is InChI=1S/C19H33N3O.HI/c1-5-20-19(21-14-9-15-23-16(2)3)22-17(4)12-13-18-10-7-6-8-11-18;/h6-8,10-11,16-17H,5,9,12-15H2,1-4H3,(H2,20,21,22);1H. The number of hydrogen-bond donors (Lipinski definition) is 2. The van der Waals surface area contributed by atoms with Crippen molar-refractivity contribution in [3.05, 3.63) is 35.9 Å². The summed E-state index contributed by atoms with van der Waals surface area (Å²) in [7, 11) is 0. The number of ether oxygens (including phenoxy) is 1. The molecule has 1 aromatic rings. The summed E-state index contributed by atoms with van der Waals surface area (Å²) in [5.41, 5.74) is 1.38. The van der Waals surface area contributed by atoms with Crippen LogP contribution in [0.1, 0.15) is 46.1 Å². The first-order valence-corrected chi connectivity index (χ1v) is 8.82. The topological polar surface area (TPSA) is 45.7 Å². The summed E-state index contributed by atoms with van der Waals surface area (Å²) in [5, 5.41) is 6.80. The lowest BCUT2D eigenvalue weighted by atomic mass is 10.1. The van der Waals surface area contributed by atoms with Gasteiger partial charge < -0.3 is 15.4 Å². The minimum atomic E-state index is 0. The van der Waals surface area contributed by atoms with Crippen LogP contribution < -0.4 is 10.6 Å². The average molecular weight is 447 g/mol.